The lowest BCUT2D eigenvalue weighted by Crippen LogP contribution is -2.43. The fourth-order valence-electron chi connectivity index (χ4n) is 1.94. The Morgan fingerprint density at radius 2 is 2.00 bits per heavy atom. The van der Waals surface area contributed by atoms with Gasteiger partial charge in [-0.3, -0.25) is 9.59 Å². The Hall–Kier alpha value is -2.83. The fourth-order valence-corrected chi connectivity index (χ4v) is 1.94. The maximum atomic E-state index is 12.2. The van der Waals surface area contributed by atoms with E-state index in [1.807, 2.05) is 0 Å². The zero-order valence-corrected chi connectivity index (χ0v) is 12.5. The number of amides is 1. The first-order valence-electron chi connectivity index (χ1n) is 6.80. The summed E-state index contributed by atoms with van der Waals surface area (Å²) in [7, 11) is 1.34. The Balaban J connectivity index is 2.74. The SMILES string of the molecule is CO[C@H](C(=O)N[C@@H](CCC(=O)C=[N+]=[N-])C(=O)O)c1ccccc1. The molecule has 0 heterocycles. The van der Waals surface area contributed by atoms with E-state index < -0.39 is 29.8 Å². The molecule has 2 atom stereocenters. The highest BCUT2D eigenvalue weighted by molar-refractivity contribution is 6.25. The van der Waals surface area contributed by atoms with Crippen LogP contribution < -0.4 is 5.32 Å². The van der Waals surface area contributed by atoms with Gasteiger partial charge in [-0.1, -0.05) is 30.3 Å². The van der Waals surface area contributed by atoms with Crippen molar-refractivity contribution in [2.24, 2.45) is 0 Å². The van der Waals surface area contributed by atoms with Crippen LogP contribution in [0.3, 0.4) is 0 Å². The third-order valence-electron chi connectivity index (χ3n) is 3.07. The van der Waals surface area contributed by atoms with Gasteiger partial charge in [0.1, 0.15) is 6.04 Å². The second kappa shape index (κ2) is 9.24. The van der Waals surface area contributed by atoms with Crippen molar-refractivity contribution < 1.29 is 29.0 Å². The van der Waals surface area contributed by atoms with Gasteiger partial charge in [0.05, 0.1) is 0 Å². The quantitative estimate of drug-likeness (QED) is 0.391. The van der Waals surface area contributed by atoms with Crippen LogP contribution in [0.15, 0.2) is 30.3 Å². The largest absolute Gasteiger partial charge is 0.480 e. The van der Waals surface area contributed by atoms with Crippen molar-refractivity contribution in [1.29, 1.82) is 0 Å². The maximum Gasteiger partial charge on any atom is 0.326 e. The first kappa shape index (κ1) is 18.2. The van der Waals surface area contributed by atoms with E-state index in [1.165, 1.54) is 7.11 Å². The maximum absolute atomic E-state index is 12.2. The van der Waals surface area contributed by atoms with Crippen molar-refractivity contribution in [3.05, 3.63) is 41.4 Å². The minimum atomic E-state index is -1.27. The van der Waals surface area contributed by atoms with Gasteiger partial charge < -0.3 is 20.7 Å². The van der Waals surface area contributed by atoms with Gasteiger partial charge in [-0.2, -0.15) is 4.79 Å². The van der Waals surface area contributed by atoms with Gasteiger partial charge in [0.25, 0.3) is 5.91 Å². The molecule has 0 aliphatic heterocycles. The third kappa shape index (κ3) is 5.82. The summed E-state index contributed by atoms with van der Waals surface area (Å²) in [5, 5.41) is 11.5. The molecule has 0 saturated heterocycles. The number of ketones is 1. The molecular weight excluding hydrogens is 302 g/mol. The predicted molar refractivity (Wildman–Crippen MR) is 79.7 cm³/mol. The average Bonchev–Trinajstić information content (AvgIpc) is 2.53. The average molecular weight is 319 g/mol. The molecule has 1 amide bonds. The number of hydrogen-bond donors (Lipinski definition) is 2. The summed E-state index contributed by atoms with van der Waals surface area (Å²) in [4.78, 5) is 37.2. The summed E-state index contributed by atoms with van der Waals surface area (Å²) >= 11 is 0. The van der Waals surface area contributed by atoms with Crippen LogP contribution in [0, 0.1) is 0 Å². The second-order valence-corrected chi connectivity index (χ2v) is 4.68. The number of rotatable bonds is 9. The molecular formula is C15H17N3O5. The number of aliphatic carboxylic acids is 1. The Morgan fingerprint density at radius 1 is 1.35 bits per heavy atom. The summed E-state index contributed by atoms with van der Waals surface area (Å²) in [6, 6.07) is 7.37. The van der Waals surface area contributed by atoms with Crippen LogP contribution in [0.25, 0.3) is 5.53 Å². The molecule has 8 heteroatoms. The zero-order chi connectivity index (χ0) is 17.2. The molecule has 0 aliphatic carbocycles. The lowest BCUT2D eigenvalue weighted by atomic mass is 10.1. The molecule has 1 rings (SSSR count). The van der Waals surface area contributed by atoms with E-state index in [1.54, 1.807) is 30.3 Å². The normalized spacial score (nSPS) is 12.6. The molecule has 1 aromatic carbocycles. The summed E-state index contributed by atoms with van der Waals surface area (Å²) in [6.45, 7) is 0. The number of Topliss-reactive ketones (excluding diaryl/α,β-unsaturated/α-hetero) is 1. The Bertz CT molecular complexity index is 611. The van der Waals surface area contributed by atoms with Gasteiger partial charge in [-0.15, -0.1) is 0 Å². The van der Waals surface area contributed by atoms with Gasteiger partial charge >= 0.3 is 12.2 Å². The molecule has 23 heavy (non-hydrogen) atoms. The number of methoxy groups -OCH3 is 1. The fraction of sp³-hybridized carbons (Fsp3) is 0.333. The highest BCUT2D eigenvalue weighted by atomic mass is 16.5. The predicted octanol–water partition coefficient (Wildman–Crippen LogP) is 0.593. The Morgan fingerprint density at radius 3 is 2.52 bits per heavy atom. The monoisotopic (exact) mass is 319 g/mol. The minimum Gasteiger partial charge on any atom is -0.480 e. The first-order valence-corrected chi connectivity index (χ1v) is 6.80. The number of carbonyl (C=O) groups excluding carboxylic acids is 2. The molecule has 0 saturated carbocycles. The van der Waals surface area contributed by atoms with E-state index in [0.29, 0.717) is 11.8 Å². The molecule has 0 aliphatic rings. The van der Waals surface area contributed by atoms with E-state index in [-0.39, 0.29) is 12.8 Å². The number of nitrogens with zero attached hydrogens (tertiary/aromatic N) is 2. The van der Waals surface area contributed by atoms with Crippen LogP contribution in [0.5, 0.6) is 0 Å². The number of nitrogens with one attached hydrogen (secondary N) is 1. The molecule has 0 unspecified atom stereocenters. The number of hydrogen-bond acceptors (Lipinski definition) is 4. The molecule has 0 radical (unpaired) electrons. The van der Waals surface area contributed by atoms with Crippen LogP contribution in [0.4, 0.5) is 0 Å². The number of carboxylic acids is 1. The topological polar surface area (TPSA) is 129 Å². The highest BCUT2D eigenvalue weighted by Crippen LogP contribution is 2.16. The standard InChI is InChI=1S/C15H17N3O5/c1-23-13(10-5-3-2-4-6-10)14(20)18-12(15(21)22)8-7-11(19)9-17-16/h2-6,9,12-13H,7-8H2,1H3,(H,18,20)(H,21,22)/t12-,13-/m0/s1. The van der Waals surface area contributed by atoms with Crippen LogP contribution in [-0.2, 0) is 19.1 Å². The number of benzene rings is 1. The van der Waals surface area contributed by atoms with Crippen LogP contribution in [-0.4, -0.2) is 46.9 Å². The minimum absolute atomic E-state index is 0.128. The highest BCUT2D eigenvalue weighted by Gasteiger charge is 2.26. The van der Waals surface area contributed by atoms with E-state index in [2.05, 4.69) is 10.1 Å². The third-order valence-corrected chi connectivity index (χ3v) is 3.07. The van der Waals surface area contributed by atoms with Crippen LogP contribution >= 0.6 is 0 Å². The van der Waals surface area contributed by atoms with E-state index in [4.69, 9.17) is 15.4 Å². The molecule has 1 aromatic rings. The van der Waals surface area contributed by atoms with E-state index in [9.17, 15) is 14.4 Å². The molecule has 122 valence electrons. The number of carbonyl (C=O) groups is 3. The number of ether oxygens (including phenoxy) is 1. The zero-order valence-electron chi connectivity index (χ0n) is 12.5. The summed E-state index contributed by atoms with van der Waals surface area (Å²) < 4.78 is 5.12. The molecule has 0 bridgehead atoms. The van der Waals surface area contributed by atoms with Crippen LogP contribution in [0.2, 0.25) is 0 Å². The van der Waals surface area contributed by atoms with Gasteiger partial charge in [-0.25, -0.2) is 4.79 Å². The lowest BCUT2D eigenvalue weighted by molar-refractivity contribution is -0.144. The van der Waals surface area contributed by atoms with Gasteiger partial charge in [0.15, 0.2) is 6.10 Å². The molecule has 2 N–H and O–H groups in total. The summed E-state index contributed by atoms with van der Waals surface area (Å²) in [6.07, 6.45) is -0.572. The van der Waals surface area contributed by atoms with Crippen molar-refractivity contribution in [3.63, 3.8) is 0 Å². The first-order chi connectivity index (χ1) is 11.0. The molecule has 8 nitrogen and oxygen atoms in total. The summed E-state index contributed by atoms with van der Waals surface area (Å²) in [5.41, 5.74) is 8.82. The second-order valence-electron chi connectivity index (χ2n) is 4.68. The van der Waals surface area contributed by atoms with Gasteiger partial charge in [0, 0.05) is 13.5 Å². The smallest absolute Gasteiger partial charge is 0.326 e. The Labute approximate surface area is 132 Å². The van der Waals surface area contributed by atoms with Crippen molar-refractivity contribution >= 4 is 23.9 Å². The van der Waals surface area contributed by atoms with Gasteiger partial charge in [0.2, 0.25) is 5.78 Å². The van der Waals surface area contributed by atoms with E-state index >= 15 is 0 Å². The summed E-state index contributed by atoms with van der Waals surface area (Å²) in [5.74, 6) is -2.43. The molecule has 0 aromatic heterocycles. The van der Waals surface area contributed by atoms with Crippen molar-refractivity contribution in [3.8, 4) is 0 Å². The van der Waals surface area contributed by atoms with Crippen molar-refractivity contribution in [2.45, 2.75) is 25.0 Å². The molecule has 0 spiro atoms. The van der Waals surface area contributed by atoms with Crippen molar-refractivity contribution in [1.82, 2.24) is 5.32 Å². The van der Waals surface area contributed by atoms with Crippen molar-refractivity contribution in [2.75, 3.05) is 7.11 Å². The van der Waals surface area contributed by atoms with Gasteiger partial charge in [-0.05, 0) is 12.0 Å². The lowest BCUT2D eigenvalue weighted by Gasteiger charge is -2.19. The Kier molecular flexibility index (Phi) is 7.32. The van der Waals surface area contributed by atoms with E-state index in [0.717, 1.165) is 0 Å². The van der Waals surface area contributed by atoms with Crippen LogP contribution in [0.1, 0.15) is 24.5 Å². The molecule has 0 fully saturated rings. The number of carboxylic acid groups (broad SMARTS) is 1.